The molecule has 9 heteroatoms. The third-order valence-corrected chi connectivity index (χ3v) is 2.61. The Balaban J connectivity index is 2.62. The van der Waals surface area contributed by atoms with Gasteiger partial charge in [-0.25, -0.2) is 4.98 Å². The van der Waals surface area contributed by atoms with Crippen molar-refractivity contribution in [2.45, 2.75) is 32.5 Å². The smallest absolute Gasteiger partial charge is 0.422 e. The van der Waals surface area contributed by atoms with Crippen molar-refractivity contribution in [2.75, 3.05) is 20.2 Å². The fourth-order valence-electron chi connectivity index (χ4n) is 1.71. The second-order valence-corrected chi connectivity index (χ2v) is 6.25. The molecule has 1 heterocycles. The SMILES string of the molecule is CN(CC(=O)NC(C)(C)C)C(=O)c1ccc(OCC(F)(F)F)nc1. The summed E-state index contributed by atoms with van der Waals surface area (Å²) in [6, 6.07) is 2.46. The molecule has 1 N–H and O–H groups in total. The molecule has 6 nitrogen and oxygen atoms in total. The summed E-state index contributed by atoms with van der Waals surface area (Å²) >= 11 is 0. The number of aromatic nitrogens is 1. The number of hydrogen-bond acceptors (Lipinski definition) is 4. The minimum atomic E-state index is -4.46. The molecule has 134 valence electrons. The zero-order valence-corrected chi connectivity index (χ0v) is 13.9. The summed E-state index contributed by atoms with van der Waals surface area (Å²) in [5, 5.41) is 2.72. The molecule has 0 saturated heterocycles. The van der Waals surface area contributed by atoms with Crippen LogP contribution in [0.25, 0.3) is 0 Å². The molecule has 0 bridgehead atoms. The average Bonchev–Trinajstić information content (AvgIpc) is 2.42. The van der Waals surface area contributed by atoms with Crippen LogP contribution in [-0.4, -0.2) is 53.6 Å². The van der Waals surface area contributed by atoms with Crippen LogP contribution in [0.1, 0.15) is 31.1 Å². The average molecular weight is 347 g/mol. The van der Waals surface area contributed by atoms with E-state index in [0.29, 0.717) is 0 Å². The summed E-state index contributed by atoms with van der Waals surface area (Å²) < 4.78 is 40.6. The highest BCUT2D eigenvalue weighted by atomic mass is 19.4. The van der Waals surface area contributed by atoms with Gasteiger partial charge in [-0.15, -0.1) is 0 Å². The molecule has 1 aromatic heterocycles. The largest absolute Gasteiger partial charge is 0.468 e. The first-order valence-electron chi connectivity index (χ1n) is 7.09. The maximum absolute atomic E-state index is 12.2. The molecule has 0 atom stereocenters. The van der Waals surface area contributed by atoms with Crippen LogP contribution in [0.4, 0.5) is 13.2 Å². The second kappa shape index (κ2) is 7.50. The van der Waals surface area contributed by atoms with Gasteiger partial charge in [0.15, 0.2) is 6.61 Å². The van der Waals surface area contributed by atoms with Gasteiger partial charge in [0.1, 0.15) is 0 Å². The van der Waals surface area contributed by atoms with Gasteiger partial charge in [-0.05, 0) is 26.8 Å². The molecule has 24 heavy (non-hydrogen) atoms. The molecule has 0 fully saturated rings. The van der Waals surface area contributed by atoms with E-state index in [1.807, 2.05) is 20.8 Å². The number of pyridine rings is 1. The van der Waals surface area contributed by atoms with Crippen molar-refractivity contribution in [3.8, 4) is 5.88 Å². The Morgan fingerprint density at radius 1 is 1.25 bits per heavy atom. The van der Waals surface area contributed by atoms with Crippen LogP contribution < -0.4 is 10.1 Å². The van der Waals surface area contributed by atoms with Gasteiger partial charge in [-0.1, -0.05) is 0 Å². The maximum atomic E-state index is 12.2. The van der Waals surface area contributed by atoms with Gasteiger partial charge in [0.25, 0.3) is 5.91 Å². The van der Waals surface area contributed by atoms with Crippen molar-refractivity contribution < 1.29 is 27.5 Å². The third-order valence-electron chi connectivity index (χ3n) is 2.61. The van der Waals surface area contributed by atoms with Crippen LogP contribution in [0.5, 0.6) is 5.88 Å². The first-order valence-corrected chi connectivity index (χ1v) is 7.09. The molecule has 0 aliphatic carbocycles. The van der Waals surface area contributed by atoms with Gasteiger partial charge in [0.2, 0.25) is 11.8 Å². The van der Waals surface area contributed by atoms with Crippen molar-refractivity contribution in [3.63, 3.8) is 0 Å². The van der Waals surface area contributed by atoms with Crippen molar-refractivity contribution in [2.24, 2.45) is 0 Å². The van der Waals surface area contributed by atoms with E-state index in [1.165, 1.54) is 24.1 Å². The molecule has 1 rings (SSSR count). The topological polar surface area (TPSA) is 71.5 Å². The number of nitrogens with zero attached hydrogens (tertiary/aromatic N) is 2. The minimum Gasteiger partial charge on any atom is -0.468 e. The first kappa shape index (κ1) is 19.7. The Morgan fingerprint density at radius 3 is 2.33 bits per heavy atom. The molecule has 0 saturated carbocycles. The number of likely N-dealkylation sites (N-methyl/N-ethyl adjacent to an activating group) is 1. The van der Waals surface area contributed by atoms with Crippen molar-refractivity contribution >= 4 is 11.8 Å². The minimum absolute atomic E-state index is 0.139. The summed E-state index contributed by atoms with van der Waals surface area (Å²) in [6.07, 6.45) is -3.36. The second-order valence-electron chi connectivity index (χ2n) is 6.25. The maximum Gasteiger partial charge on any atom is 0.422 e. The van der Waals surface area contributed by atoms with E-state index in [1.54, 1.807) is 0 Å². The fourth-order valence-corrected chi connectivity index (χ4v) is 1.71. The Labute approximate surface area is 138 Å². The lowest BCUT2D eigenvalue weighted by molar-refractivity contribution is -0.154. The summed E-state index contributed by atoms with van der Waals surface area (Å²) in [5.41, 5.74) is -0.277. The zero-order valence-electron chi connectivity index (χ0n) is 13.9. The Morgan fingerprint density at radius 2 is 1.88 bits per heavy atom. The van der Waals surface area contributed by atoms with Crippen LogP contribution >= 0.6 is 0 Å². The van der Waals surface area contributed by atoms with E-state index < -0.39 is 24.2 Å². The van der Waals surface area contributed by atoms with E-state index in [9.17, 15) is 22.8 Å². The van der Waals surface area contributed by atoms with Crippen molar-refractivity contribution in [3.05, 3.63) is 23.9 Å². The van der Waals surface area contributed by atoms with Crippen LogP contribution in [0.15, 0.2) is 18.3 Å². The summed E-state index contributed by atoms with van der Waals surface area (Å²) in [6.45, 7) is 3.84. The van der Waals surface area contributed by atoms with E-state index in [4.69, 9.17) is 0 Å². The number of hydrogen-bond donors (Lipinski definition) is 1. The lowest BCUT2D eigenvalue weighted by Gasteiger charge is -2.23. The van der Waals surface area contributed by atoms with Crippen molar-refractivity contribution in [1.29, 1.82) is 0 Å². The highest BCUT2D eigenvalue weighted by Crippen LogP contribution is 2.17. The predicted molar refractivity (Wildman–Crippen MR) is 80.6 cm³/mol. The zero-order chi connectivity index (χ0) is 18.5. The molecule has 1 aromatic rings. The number of rotatable bonds is 5. The summed E-state index contributed by atoms with van der Waals surface area (Å²) in [4.78, 5) is 28.8. The van der Waals surface area contributed by atoms with E-state index in [0.717, 1.165) is 6.20 Å². The van der Waals surface area contributed by atoms with E-state index >= 15 is 0 Å². The molecule has 0 aromatic carbocycles. The molecular formula is C15H20F3N3O3. The number of carbonyl (C=O) groups is 2. The number of ether oxygens (including phenoxy) is 1. The van der Waals surface area contributed by atoms with Gasteiger partial charge >= 0.3 is 6.18 Å². The lowest BCUT2D eigenvalue weighted by atomic mass is 10.1. The number of nitrogens with one attached hydrogen (secondary N) is 1. The number of halogens is 3. The van der Waals surface area contributed by atoms with Gasteiger partial charge in [-0.3, -0.25) is 9.59 Å². The number of amides is 2. The van der Waals surface area contributed by atoms with Crippen molar-refractivity contribution in [1.82, 2.24) is 15.2 Å². The monoisotopic (exact) mass is 347 g/mol. The number of carbonyl (C=O) groups excluding carboxylic acids is 2. The number of alkyl halides is 3. The van der Waals surface area contributed by atoms with E-state index in [2.05, 4.69) is 15.0 Å². The highest BCUT2D eigenvalue weighted by molar-refractivity contribution is 5.96. The fraction of sp³-hybridized carbons (Fsp3) is 0.533. The van der Waals surface area contributed by atoms with Gasteiger partial charge < -0.3 is 15.0 Å². The molecule has 2 amide bonds. The summed E-state index contributed by atoms with van der Waals surface area (Å²) in [5.74, 6) is -1.04. The van der Waals surface area contributed by atoms with Gasteiger partial charge in [0, 0.05) is 24.8 Å². The standard InChI is InChI=1S/C15H20F3N3O3/c1-14(2,3)20-11(22)8-21(4)13(23)10-5-6-12(19-7-10)24-9-15(16,17)18/h5-7H,8-9H2,1-4H3,(H,20,22). The van der Waals surface area contributed by atoms with Crippen LogP contribution in [0.2, 0.25) is 0 Å². The first-order chi connectivity index (χ1) is 10.9. The molecule has 0 aliphatic rings. The predicted octanol–water partition coefficient (Wildman–Crippen LogP) is 2.01. The highest BCUT2D eigenvalue weighted by Gasteiger charge is 2.28. The Bertz CT molecular complexity index is 580. The van der Waals surface area contributed by atoms with E-state index in [-0.39, 0.29) is 23.9 Å². The van der Waals surface area contributed by atoms with Gasteiger partial charge in [0.05, 0.1) is 12.1 Å². The molecule has 0 spiro atoms. The van der Waals surface area contributed by atoms with Crippen LogP contribution in [-0.2, 0) is 4.79 Å². The molecule has 0 aliphatic heterocycles. The van der Waals surface area contributed by atoms with Crippen LogP contribution in [0.3, 0.4) is 0 Å². The quantitative estimate of drug-likeness (QED) is 0.884. The van der Waals surface area contributed by atoms with Gasteiger partial charge in [-0.2, -0.15) is 13.2 Å². The molecular weight excluding hydrogens is 327 g/mol. The van der Waals surface area contributed by atoms with Crippen LogP contribution in [0, 0.1) is 0 Å². The Kier molecular flexibility index (Phi) is 6.16. The lowest BCUT2D eigenvalue weighted by Crippen LogP contribution is -2.46. The third kappa shape index (κ3) is 7.30. The molecule has 0 radical (unpaired) electrons. The Hall–Kier alpha value is -2.32. The molecule has 0 unspecified atom stereocenters. The summed E-state index contributed by atoms with van der Waals surface area (Å²) in [7, 11) is 1.44. The normalized spacial score (nSPS) is 11.8.